The van der Waals surface area contributed by atoms with Crippen molar-refractivity contribution in [3.63, 3.8) is 0 Å². The van der Waals surface area contributed by atoms with Gasteiger partial charge in [-0.25, -0.2) is 0 Å². The summed E-state index contributed by atoms with van der Waals surface area (Å²) in [6.07, 6.45) is 1.50. The molecule has 8 nitrogen and oxygen atoms in total. The Kier molecular flexibility index (Phi) is 16.8. The Morgan fingerprint density at radius 3 is 1.38 bits per heavy atom. The topological polar surface area (TPSA) is 134 Å². The van der Waals surface area contributed by atoms with Gasteiger partial charge in [0, 0.05) is 0 Å². The number of carbonyl (C=O) groups excluding carboxylic acids is 1. The van der Waals surface area contributed by atoms with E-state index in [9.17, 15) is 9.59 Å². The molecule has 4 aromatic carbocycles. The van der Waals surface area contributed by atoms with E-state index in [-0.39, 0.29) is 5.97 Å². The second-order valence-corrected chi connectivity index (χ2v) is 11.3. The van der Waals surface area contributed by atoms with Gasteiger partial charge in [0.1, 0.15) is 42.4 Å². The molecule has 0 amide bonds. The van der Waals surface area contributed by atoms with Crippen LogP contribution in [0.1, 0.15) is 63.3 Å². The van der Waals surface area contributed by atoms with E-state index in [1.54, 1.807) is 0 Å². The van der Waals surface area contributed by atoms with E-state index >= 15 is 0 Å². The smallest absolute Gasteiger partial charge is 0.323 e. The summed E-state index contributed by atoms with van der Waals surface area (Å²) in [6, 6.07) is 33.3. The first-order valence-corrected chi connectivity index (χ1v) is 16.0. The molecule has 0 radical (unpaired) electrons. The average molecular weight is 643 g/mol. The highest BCUT2D eigenvalue weighted by Crippen LogP contribution is 2.18. The summed E-state index contributed by atoms with van der Waals surface area (Å²) in [6.45, 7) is 10.8. The Morgan fingerprint density at radius 2 is 1.02 bits per heavy atom. The van der Waals surface area contributed by atoms with Gasteiger partial charge in [0.15, 0.2) is 0 Å². The van der Waals surface area contributed by atoms with Crippen LogP contribution in [0, 0.1) is 0 Å². The minimum Gasteiger partial charge on any atom is -0.489 e. The highest BCUT2D eigenvalue weighted by Gasteiger charge is 2.24. The predicted octanol–water partition coefficient (Wildman–Crippen LogP) is 7.11. The summed E-state index contributed by atoms with van der Waals surface area (Å²) < 4.78 is 16.9. The minimum absolute atomic E-state index is 0.314. The lowest BCUT2D eigenvalue weighted by molar-refractivity contribution is -0.158. The third-order valence-electron chi connectivity index (χ3n) is 7.10. The molecule has 0 bridgehead atoms. The van der Waals surface area contributed by atoms with E-state index in [0.717, 1.165) is 40.2 Å². The van der Waals surface area contributed by atoms with Crippen LogP contribution in [0.25, 0.3) is 0 Å². The molecular formula is C39H50N2O6. The number of carboxylic acid groups (broad SMARTS) is 1. The largest absolute Gasteiger partial charge is 0.489 e. The molecule has 0 heterocycles. The van der Waals surface area contributed by atoms with Gasteiger partial charge in [0.25, 0.3) is 0 Å². The van der Waals surface area contributed by atoms with E-state index in [2.05, 4.69) is 0 Å². The van der Waals surface area contributed by atoms with Crippen LogP contribution in [0.5, 0.6) is 11.5 Å². The number of rotatable bonds is 14. The van der Waals surface area contributed by atoms with Crippen LogP contribution in [0.3, 0.4) is 0 Å². The van der Waals surface area contributed by atoms with Crippen molar-refractivity contribution >= 4 is 11.9 Å². The maximum atomic E-state index is 12.1. The van der Waals surface area contributed by atoms with Crippen molar-refractivity contribution in [3.8, 4) is 11.5 Å². The van der Waals surface area contributed by atoms with Crippen molar-refractivity contribution in [1.29, 1.82) is 0 Å². The van der Waals surface area contributed by atoms with E-state index < -0.39 is 23.7 Å². The van der Waals surface area contributed by atoms with E-state index in [1.165, 1.54) is 0 Å². The molecule has 2 atom stereocenters. The Morgan fingerprint density at radius 1 is 0.638 bits per heavy atom. The molecule has 0 saturated carbocycles. The van der Waals surface area contributed by atoms with Gasteiger partial charge < -0.3 is 30.8 Å². The van der Waals surface area contributed by atoms with Crippen LogP contribution in [-0.4, -0.2) is 34.7 Å². The number of hydrogen-bond acceptors (Lipinski definition) is 7. The molecule has 5 N–H and O–H groups in total. The van der Waals surface area contributed by atoms with Gasteiger partial charge in [-0.1, -0.05) is 106 Å². The molecule has 2 unspecified atom stereocenters. The first-order valence-electron chi connectivity index (χ1n) is 16.0. The van der Waals surface area contributed by atoms with Crippen LogP contribution in [-0.2, 0) is 40.4 Å². The molecule has 0 fully saturated rings. The second-order valence-electron chi connectivity index (χ2n) is 11.3. The Balaban J connectivity index is 0.000000317. The van der Waals surface area contributed by atoms with Crippen molar-refractivity contribution in [3.05, 3.63) is 131 Å². The standard InChI is InChI=1S/C21H27NO3.C16H17NO3.C2H6/c1-4-21(2,3)25-20(23)19(22)14-16-10-12-18(13-11-16)24-15-17-8-6-5-7-9-17;17-15(16(18)19)10-12-6-8-14(9-7-12)20-11-13-4-2-1-3-5-13;1-2/h5-13,19H,4,14-15,22H2,1-3H3;1-9,15H,10-11,17H2,(H,18,19);1-2H3. The van der Waals surface area contributed by atoms with Gasteiger partial charge in [-0.05, 0) is 79.6 Å². The molecule has 0 saturated heterocycles. The number of aliphatic carboxylic acids is 1. The van der Waals surface area contributed by atoms with Crippen LogP contribution < -0.4 is 20.9 Å². The zero-order valence-electron chi connectivity index (χ0n) is 28.2. The normalized spacial score (nSPS) is 11.8. The Labute approximate surface area is 279 Å². The minimum atomic E-state index is -0.991. The summed E-state index contributed by atoms with van der Waals surface area (Å²) >= 11 is 0. The summed E-state index contributed by atoms with van der Waals surface area (Å²) in [5.41, 5.74) is 15.1. The van der Waals surface area contributed by atoms with Crippen molar-refractivity contribution in [1.82, 2.24) is 0 Å². The van der Waals surface area contributed by atoms with Gasteiger partial charge in [-0.2, -0.15) is 0 Å². The van der Waals surface area contributed by atoms with Gasteiger partial charge in [0.05, 0.1) is 0 Å². The molecule has 47 heavy (non-hydrogen) atoms. The van der Waals surface area contributed by atoms with E-state index in [1.807, 2.05) is 144 Å². The number of carboxylic acids is 1. The molecular weight excluding hydrogens is 592 g/mol. The number of esters is 1. The molecule has 4 aromatic rings. The number of hydrogen-bond donors (Lipinski definition) is 3. The molecule has 4 rings (SSSR count). The molecule has 252 valence electrons. The van der Waals surface area contributed by atoms with Gasteiger partial charge in [-0.15, -0.1) is 0 Å². The van der Waals surface area contributed by atoms with Crippen molar-refractivity contribution in [2.24, 2.45) is 11.5 Å². The summed E-state index contributed by atoms with van der Waals surface area (Å²) in [5.74, 6) is 0.183. The lowest BCUT2D eigenvalue weighted by atomic mass is 10.0. The van der Waals surface area contributed by atoms with Crippen molar-refractivity contribution < 1.29 is 28.9 Å². The lowest BCUT2D eigenvalue weighted by Crippen LogP contribution is -2.39. The monoisotopic (exact) mass is 642 g/mol. The SMILES string of the molecule is CC.CCC(C)(C)OC(=O)C(N)Cc1ccc(OCc2ccccc2)cc1.NC(Cc1ccc(OCc2ccccc2)cc1)C(=O)O. The number of nitrogens with two attached hydrogens (primary N) is 2. The van der Waals surface area contributed by atoms with Crippen LogP contribution >= 0.6 is 0 Å². The number of carbonyl (C=O) groups is 2. The van der Waals surface area contributed by atoms with Crippen molar-refractivity contribution in [2.45, 2.75) is 84.8 Å². The number of ether oxygens (including phenoxy) is 3. The lowest BCUT2D eigenvalue weighted by Gasteiger charge is -2.25. The zero-order chi connectivity index (χ0) is 34.7. The molecule has 0 aliphatic heterocycles. The van der Waals surface area contributed by atoms with Gasteiger partial charge >= 0.3 is 11.9 Å². The van der Waals surface area contributed by atoms with Crippen LogP contribution in [0.4, 0.5) is 0 Å². The molecule has 0 spiro atoms. The predicted molar refractivity (Wildman–Crippen MR) is 187 cm³/mol. The van der Waals surface area contributed by atoms with Gasteiger partial charge in [0.2, 0.25) is 0 Å². The first kappa shape index (κ1) is 38.5. The second kappa shape index (κ2) is 20.5. The van der Waals surface area contributed by atoms with Crippen molar-refractivity contribution in [2.75, 3.05) is 0 Å². The summed E-state index contributed by atoms with van der Waals surface area (Å²) in [4.78, 5) is 22.8. The molecule has 0 aromatic heterocycles. The summed E-state index contributed by atoms with van der Waals surface area (Å²) in [5, 5.41) is 8.76. The third-order valence-corrected chi connectivity index (χ3v) is 7.10. The Hall–Kier alpha value is -4.66. The molecule has 0 aliphatic rings. The van der Waals surface area contributed by atoms with Crippen LogP contribution in [0.15, 0.2) is 109 Å². The highest BCUT2D eigenvalue weighted by molar-refractivity contribution is 5.76. The zero-order valence-corrected chi connectivity index (χ0v) is 28.2. The molecule has 8 heteroatoms. The quantitative estimate of drug-likeness (QED) is 0.124. The fourth-order valence-corrected chi connectivity index (χ4v) is 4.02. The highest BCUT2D eigenvalue weighted by atomic mass is 16.6. The maximum absolute atomic E-state index is 12.1. The fraction of sp³-hybridized carbons (Fsp3) is 0.333. The van der Waals surface area contributed by atoms with E-state index in [0.29, 0.717) is 26.1 Å². The molecule has 0 aliphatic carbocycles. The summed E-state index contributed by atoms with van der Waals surface area (Å²) in [7, 11) is 0. The maximum Gasteiger partial charge on any atom is 0.323 e. The average Bonchev–Trinajstić information content (AvgIpc) is 3.09. The fourth-order valence-electron chi connectivity index (χ4n) is 4.02. The van der Waals surface area contributed by atoms with Crippen LogP contribution in [0.2, 0.25) is 0 Å². The third kappa shape index (κ3) is 15.0. The Bertz CT molecular complexity index is 1440. The first-order chi connectivity index (χ1) is 22.5. The van der Waals surface area contributed by atoms with Gasteiger partial charge in [-0.3, -0.25) is 9.59 Å². The number of benzene rings is 4. The van der Waals surface area contributed by atoms with E-state index in [4.69, 9.17) is 30.8 Å².